The molecule has 0 saturated heterocycles. The topological polar surface area (TPSA) is 0 Å². The van der Waals surface area contributed by atoms with Gasteiger partial charge in [0.1, 0.15) is 0 Å². The number of hydrogen-bond acceptors (Lipinski definition) is 0. The third-order valence-electron chi connectivity index (χ3n) is 4.18. The van der Waals surface area contributed by atoms with Gasteiger partial charge in [-0.15, -0.1) is 0 Å². The van der Waals surface area contributed by atoms with E-state index in [1.807, 2.05) is 0 Å². The first-order valence-corrected chi connectivity index (χ1v) is 7.11. The van der Waals surface area contributed by atoms with Gasteiger partial charge in [0.2, 0.25) is 0 Å². The van der Waals surface area contributed by atoms with Crippen molar-refractivity contribution in [2.45, 2.75) is 59.3 Å². The molecule has 0 saturated carbocycles. The van der Waals surface area contributed by atoms with Crippen LogP contribution in [0.2, 0.25) is 0 Å². The SMILES string of the molecule is CCC1=Cc2ccc(CC)c(CC)c2C1CC. The molecule has 17 heavy (non-hydrogen) atoms. The fraction of sp³-hybridized carbons (Fsp3) is 0.529. The predicted molar refractivity (Wildman–Crippen MR) is 76.5 cm³/mol. The third-order valence-corrected chi connectivity index (χ3v) is 4.18. The molecule has 92 valence electrons. The Kier molecular flexibility index (Phi) is 3.71. The van der Waals surface area contributed by atoms with E-state index < -0.39 is 0 Å². The minimum atomic E-state index is 0.691. The average molecular weight is 228 g/mol. The highest BCUT2D eigenvalue weighted by molar-refractivity contribution is 5.69. The van der Waals surface area contributed by atoms with Crippen LogP contribution in [0.5, 0.6) is 0 Å². The maximum Gasteiger partial charge on any atom is 0.00575 e. The van der Waals surface area contributed by atoms with Gasteiger partial charge in [-0.1, -0.05) is 51.5 Å². The van der Waals surface area contributed by atoms with Crippen LogP contribution in [0.4, 0.5) is 0 Å². The second kappa shape index (κ2) is 5.08. The van der Waals surface area contributed by atoms with Crippen molar-refractivity contribution >= 4 is 6.08 Å². The zero-order valence-corrected chi connectivity index (χ0v) is 11.6. The van der Waals surface area contributed by atoms with Gasteiger partial charge in [-0.2, -0.15) is 0 Å². The molecule has 0 spiro atoms. The van der Waals surface area contributed by atoms with Crippen molar-refractivity contribution < 1.29 is 0 Å². The minimum Gasteiger partial charge on any atom is -0.0645 e. The summed E-state index contributed by atoms with van der Waals surface area (Å²) in [7, 11) is 0. The normalized spacial score (nSPS) is 18.1. The van der Waals surface area contributed by atoms with Crippen LogP contribution in [0.25, 0.3) is 6.08 Å². The summed E-state index contributed by atoms with van der Waals surface area (Å²) in [5.41, 5.74) is 7.94. The number of benzene rings is 1. The summed E-state index contributed by atoms with van der Waals surface area (Å²) in [5.74, 6) is 0.691. The van der Waals surface area contributed by atoms with Gasteiger partial charge in [0, 0.05) is 5.92 Å². The van der Waals surface area contributed by atoms with Gasteiger partial charge in [0.15, 0.2) is 0 Å². The number of aryl methyl sites for hydroxylation is 1. The number of rotatable bonds is 4. The van der Waals surface area contributed by atoms with Gasteiger partial charge >= 0.3 is 0 Å². The summed E-state index contributed by atoms with van der Waals surface area (Å²) >= 11 is 0. The maximum atomic E-state index is 2.43. The van der Waals surface area contributed by atoms with Crippen molar-refractivity contribution in [3.05, 3.63) is 40.0 Å². The molecule has 0 heteroatoms. The molecule has 0 aliphatic heterocycles. The molecule has 1 aliphatic carbocycles. The van der Waals surface area contributed by atoms with E-state index in [0.29, 0.717) is 5.92 Å². The largest absolute Gasteiger partial charge is 0.0645 e. The highest BCUT2D eigenvalue weighted by Crippen LogP contribution is 2.42. The zero-order chi connectivity index (χ0) is 12.4. The molecule has 2 rings (SSSR count). The maximum absolute atomic E-state index is 2.43. The van der Waals surface area contributed by atoms with Gasteiger partial charge in [0.05, 0.1) is 0 Å². The molecule has 1 atom stereocenters. The first-order chi connectivity index (χ1) is 8.26. The Bertz CT molecular complexity index is 438. The van der Waals surface area contributed by atoms with Crippen molar-refractivity contribution in [1.29, 1.82) is 0 Å². The number of fused-ring (bicyclic) bond motifs is 1. The second-order valence-corrected chi connectivity index (χ2v) is 4.95. The molecule has 1 aromatic carbocycles. The van der Waals surface area contributed by atoms with Gasteiger partial charge in [-0.3, -0.25) is 0 Å². The van der Waals surface area contributed by atoms with Gasteiger partial charge in [-0.05, 0) is 47.9 Å². The van der Waals surface area contributed by atoms with E-state index in [1.54, 1.807) is 22.3 Å². The molecular formula is C17H24. The van der Waals surface area contributed by atoms with Crippen LogP contribution in [0.3, 0.4) is 0 Å². The lowest BCUT2D eigenvalue weighted by atomic mass is 9.85. The lowest BCUT2D eigenvalue weighted by molar-refractivity contribution is 0.736. The van der Waals surface area contributed by atoms with E-state index in [4.69, 9.17) is 0 Å². The molecule has 1 aromatic rings. The van der Waals surface area contributed by atoms with Crippen molar-refractivity contribution in [1.82, 2.24) is 0 Å². The van der Waals surface area contributed by atoms with Crippen molar-refractivity contribution in [3.8, 4) is 0 Å². The molecule has 0 aromatic heterocycles. The highest BCUT2D eigenvalue weighted by Gasteiger charge is 2.25. The quantitative estimate of drug-likeness (QED) is 0.671. The highest BCUT2D eigenvalue weighted by atomic mass is 14.3. The fourth-order valence-corrected chi connectivity index (χ4v) is 3.31. The van der Waals surface area contributed by atoms with E-state index in [2.05, 4.69) is 45.9 Å². The van der Waals surface area contributed by atoms with Crippen LogP contribution >= 0.6 is 0 Å². The third kappa shape index (κ3) is 1.94. The fourth-order valence-electron chi connectivity index (χ4n) is 3.31. The van der Waals surface area contributed by atoms with Crippen molar-refractivity contribution in [2.75, 3.05) is 0 Å². The molecule has 0 fully saturated rings. The molecule has 0 bridgehead atoms. The van der Waals surface area contributed by atoms with E-state index in [0.717, 1.165) is 6.42 Å². The Hall–Kier alpha value is -1.04. The van der Waals surface area contributed by atoms with Gasteiger partial charge in [-0.25, -0.2) is 0 Å². The Labute approximate surface area is 106 Å². The second-order valence-electron chi connectivity index (χ2n) is 4.95. The first kappa shape index (κ1) is 12.4. The summed E-state index contributed by atoms with van der Waals surface area (Å²) in [4.78, 5) is 0. The minimum absolute atomic E-state index is 0.691. The average Bonchev–Trinajstić information content (AvgIpc) is 2.74. The summed E-state index contributed by atoms with van der Waals surface area (Å²) in [5, 5.41) is 0. The van der Waals surface area contributed by atoms with Gasteiger partial charge < -0.3 is 0 Å². The predicted octanol–water partition coefficient (Wildman–Crippen LogP) is 5.11. The molecule has 0 nitrogen and oxygen atoms in total. The monoisotopic (exact) mass is 228 g/mol. The summed E-state index contributed by atoms with van der Waals surface area (Å²) in [6.45, 7) is 9.17. The summed E-state index contributed by atoms with van der Waals surface area (Å²) in [6, 6.07) is 4.66. The summed E-state index contributed by atoms with van der Waals surface area (Å²) < 4.78 is 0. The van der Waals surface area contributed by atoms with Crippen LogP contribution < -0.4 is 0 Å². The molecule has 0 heterocycles. The van der Waals surface area contributed by atoms with E-state index in [1.165, 1.54) is 24.8 Å². The zero-order valence-electron chi connectivity index (χ0n) is 11.6. The van der Waals surface area contributed by atoms with Crippen molar-refractivity contribution in [3.63, 3.8) is 0 Å². The smallest absolute Gasteiger partial charge is 0.00575 e. The number of allylic oxidation sites excluding steroid dienone is 1. The Balaban J connectivity index is 2.56. The standard InChI is InChI=1S/C17H24/c1-5-12-9-10-14-11-13(6-2)16(8-4)17(14)15(12)7-3/h9-11,16H,5-8H2,1-4H3. The first-order valence-electron chi connectivity index (χ1n) is 7.11. The molecule has 0 radical (unpaired) electrons. The molecule has 1 aliphatic rings. The molecular weight excluding hydrogens is 204 g/mol. The summed E-state index contributed by atoms with van der Waals surface area (Å²) in [6.07, 6.45) is 7.20. The van der Waals surface area contributed by atoms with E-state index in [9.17, 15) is 0 Å². The van der Waals surface area contributed by atoms with Crippen LogP contribution in [0.1, 0.15) is 68.7 Å². The Morgan fingerprint density at radius 1 is 0.941 bits per heavy atom. The molecule has 1 unspecified atom stereocenters. The number of hydrogen-bond donors (Lipinski definition) is 0. The van der Waals surface area contributed by atoms with Crippen LogP contribution in [-0.2, 0) is 12.8 Å². The molecule has 0 N–H and O–H groups in total. The lowest BCUT2D eigenvalue weighted by Crippen LogP contribution is -2.04. The van der Waals surface area contributed by atoms with Crippen molar-refractivity contribution in [2.24, 2.45) is 0 Å². The van der Waals surface area contributed by atoms with Crippen LogP contribution in [-0.4, -0.2) is 0 Å². The Morgan fingerprint density at radius 2 is 1.71 bits per heavy atom. The molecule has 0 amide bonds. The van der Waals surface area contributed by atoms with Crippen LogP contribution in [0, 0.1) is 0 Å². The van der Waals surface area contributed by atoms with Crippen LogP contribution in [0.15, 0.2) is 17.7 Å². The van der Waals surface area contributed by atoms with E-state index >= 15 is 0 Å². The van der Waals surface area contributed by atoms with E-state index in [-0.39, 0.29) is 0 Å². The Morgan fingerprint density at radius 3 is 2.24 bits per heavy atom. The lowest BCUT2D eigenvalue weighted by Gasteiger charge is -2.19. The van der Waals surface area contributed by atoms with Gasteiger partial charge in [0.25, 0.3) is 0 Å².